The van der Waals surface area contributed by atoms with Gasteiger partial charge in [0.2, 0.25) is 11.8 Å². The van der Waals surface area contributed by atoms with Crippen LogP contribution in [0.25, 0.3) is 0 Å². The van der Waals surface area contributed by atoms with E-state index in [-0.39, 0.29) is 17.5 Å². The van der Waals surface area contributed by atoms with Crippen LogP contribution in [0.1, 0.15) is 39.0 Å². The first-order chi connectivity index (χ1) is 8.45. The Morgan fingerprint density at radius 3 is 2.78 bits per heavy atom. The number of carbonyl (C=O) groups excluding carboxylic acids is 1. The minimum atomic E-state index is -0.293. The number of likely N-dealkylation sites (N-methyl/N-ethyl adjacent to an activating group) is 1. The summed E-state index contributed by atoms with van der Waals surface area (Å²) in [5, 5.41) is 6.95. The molecule has 18 heavy (non-hydrogen) atoms. The van der Waals surface area contributed by atoms with Crippen molar-refractivity contribution in [1.29, 1.82) is 0 Å². The normalized spacial score (nSPS) is 24.1. The van der Waals surface area contributed by atoms with Gasteiger partial charge in [0.25, 0.3) is 5.95 Å². The van der Waals surface area contributed by atoms with Crippen molar-refractivity contribution in [2.45, 2.75) is 51.6 Å². The van der Waals surface area contributed by atoms with Gasteiger partial charge in [-0.2, -0.15) is 4.98 Å². The third-order valence-corrected chi connectivity index (χ3v) is 3.47. The zero-order valence-corrected chi connectivity index (χ0v) is 11.4. The Bertz CT molecular complexity index is 441. The van der Waals surface area contributed by atoms with Crippen molar-refractivity contribution >= 4 is 11.9 Å². The highest BCUT2D eigenvalue weighted by Gasteiger charge is 2.40. The molecule has 2 rings (SSSR count). The molecule has 0 aliphatic carbocycles. The van der Waals surface area contributed by atoms with Crippen LogP contribution in [0.5, 0.6) is 0 Å². The maximum atomic E-state index is 12.5. The van der Waals surface area contributed by atoms with Crippen molar-refractivity contribution in [3.05, 3.63) is 5.89 Å². The predicted octanol–water partition coefficient (Wildman–Crippen LogP) is 1.26. The molecule has 0 radical (unpaired) electrons. The van der Waals surface area contributed by atoms with Gasteiger partial charge in [0.05, 0.1) is 6.04 Å². The quantitative estimate of drug-likeness (QED) is 0.858. The lowest BCUT2D eigenvalue weighted by Crippen LogP contribution is -2.53. The summed E-state index contributed by atoms with van der Waals surface area (Å²) in [5.41, 5.74) is -0.293. The van der Waals surface area contributed by atoms with Crippen LogP contribution in [0.3, 0.4) is 0 Å². The molecule has 0 saturated carbocycles. The van der Waals surface area contributed by atoms with Gasteiger partial charge in [-0.25, -0.2) is 0 Å². The van der Waals surface area contributed by atoms with Gasteiger partial charge in [-0.1, -0.05) is 0 Å². The van der Waals surface area contributed by atoms with Gasteiger partial charge in [0.1, 0.15) is 0 Å². The van der Waals surface area contributed by atoms with Crippen molar-refractivity contribution in [1.82, 2.24) is 15.5 Å². The molecule has 1 unspecified atom stereocenters. The molecule has 1 N–H and O–H groups in total. The Morgan fingerprint density at radius 1 is 1.50 bits per heavy atom. The molecule has 1 aromatic rings. The van der Waals surface area contributed by atoms with E-state index in [0.717, 1.165) is 19.3 Å². The highest BCUT2D eigenvalue weighted by Crippen LogP contribution is 2.30. The monoisotopic (exact) mass is 252 g/mol. The standard InChI is InChI=1S/C12H20N4O2/c1-8-14-11(15-18-8)16-10(17)9(13-4)6-5-7-12(16,2)3/h9,13H,5-7H2,1-4H3. The minimum Gasteiger partial charge on any atom is -0.338 e. The van der Waals surface area contributed by atoms with Crippen LogP contribution >= 0.6 is 0 Å². The number of amides is 1. The van der Waals surface area contributed by atoms with Gasteiger partial charge in [-0.15, -0.1) is 0 Å². The summed E-state index contributed by atoms with van der Waals surface area (Å²) in [5.74, 6) is 0.851. The van der Waals surface area contributed by atoms with E-state index in [9.17, 15) is 4.79 Å². The lowest BCUT2D eigenvalue weighted by Gasteiger charge is -2.35. The SMILES string of the molecule is CNC1CCCC(C)(C)N(c2noc(C)n2)C1=O. The Hall–Kier alpha value is -1.43. The van der Waals surface area contributed by atoms with E-state index >= 15 is 0 Å². The van der Waals surface area contributed by atoms with E-state index in [1.165, 1.54) is 0 Å². The molecule has 1 aliphatic heterocycles. The van der Waals surface area contributed by atoms with E-state index in [4.69, 9.17) is 4.52 Å². The largest absolute Gasteiger partial charge is 0.338 e. The molecule has 1 fully saturated rings. The van der Waals surface area contributed by atoms with Crippen LogP contribution in [0.4, 0.5) is 5.95 Å². The molecule has 0 bridgehead atoms. The van der Waals surface area contributed by atoms with Crippen LogP contribution in [0.15, 0.2) is 4.52 Å². The molecular weight excluding hydrogens is 232 g/mol. The van der Waals surface area contributed by atoms with Crippen molar-refractivity contribution in [2.75, 3.05) is 11.9 Å². The second kappa shape index (κ2) is 4.68. The highest BCUT2D eigenvalue weighted by atomic mass is 16.5. The molecule has 1 aromatic heterocycles. The van der Waals surface area contributed by atoms with Crippen LogP contribution in [-0.4, -0.2) is 34.7 Å². The van der Waals surface area contributed by atoms with Gasteiger partial charge in [0.15, 0.2) is 0 Å². The number of aromatic nitrogens is 2. The lowest BCUT2D eigenvalue weighted by atomic mass is 9.97. The molecule has 2 heterocycles. The van der Waals surface area contributed by atoms with Crippen LogP contribution < -0.4 is 10.2 Å². The first-order valence-corrected chi connectivity index (χ1v) is 6.27. The number of anilines is 1. The topological polar surface area (TPSA) is 71.3 Å². The Morgan fingerprint density at radius 2 is 2.22 bits per heavy atom. The minimum absolute atomic E-state index is 0.0146. The number of nitrogens with one attached hydrogen (secondary N) is 1. The predicted molar refractivity (Wildman–Crippen MR) is 67.3 cm³/mol. The summed E-state index contributed by atoms with van der Waals surface area (Å²) in [6, 6.07) is -0.175. The van der Waals surface area contributed by atoms with Gasteiger partial charge >= 0.3 is 0 Å². The molecule has 1 aliphatic rings. The Labute approximate surface area is 107 Å². The fourth-order valence-corrected chi connectivity index (χ4v) is 2.44. The average molecular weight is 252 g/mol. The molecule has 100 valence electrons. The number of rotatable bonds is 2. The van der Waals surface area contributed by atoms with Crippen LogP contribution in [0, 0.1) is 6.92 Å². The number of carbonyl (C=O) groups is 1. The van der Waals surface area contributed by atoms with Gasteiger partial charge < -0.3 is 9.84 Å². The third kappa shape index (κ3) is 2.25. The van der Waals surface area contributed by atoms with E-state index in [1.54, 1.807) is 18.9 Å². The molecule has 6 heteroatoms. The van der Waals surface area contributed by atoms with E-state index in [1.807, 2.05) is 13.8 Å². The summed E-state index contributed by atoms with van der Waals surface area (Å²) in [6.07, 6.45) is 2.76. The number of hydrogen-bond donors (Lipinski definition) is 1. The highest BCUT2D eigenvalue weighted by molar-refractivity contribution is 5.97. The second-order valence-corrected chi connectivity index (χ2v) is 5.33. The summed E-state index contributed by atoms with van der Waals surface area (Å²) in [6.45, 7) is 5.80. The Balaban J connectivity index is 2.40. The van der Waals surface area contributed by atoms with E-state index in [2.05, 4.69) is 15.5 Å². The summed E-state index contributed by atoms with van der Waals surface area (Å²) in [4.78, 5) is 18.4. The molecular formula is C12H20N4O2. The van der Waals surface area contributed by atoms with Crippen LogP contribution in [-0.2, 0) is 4.79 Å². The van der Waals surface area contributed by atoms with E-state index in [0.29, 0.717) is 11.8 Å². The van der Waals surface area contributed by atoms with Crippen LogP contribution in [0.2, 0.25) is 0 Å². The number of hydrogen-bond acceptors (Lipinski definition) is 5. The fourth-order valence-electron chi connectivity index (χ4n) is 2.44. The molecule has 0 aromatic carbocycles. The Kier molecular flexibility index (Phi) is 3.38. The first kappa shape index (κ1) is 13.0. The zero-order chi connectivity index (χ0) is 13.3. The van der Waals surface area contributed by atoms with Gasteiger partial charge in [-0.05, 0) is 45.3 Å². The maximum absolute atomic E-state index is 12.5. The zero-order valence-electron chi connectivity index (χ0n) is 11.4. The molecule has 1 amide bonds. The third-order valence-electron chi connectivity index (χ3n) is 3.47. The molecule has 0 spiro atoms. The first-order valence-electron chi connectivity index (χ1n) is 6.27. The lowest BCUT2D eigenvalue weighted by molar-refractivity contribution is -0.121. The van der Waals surface area contributed by atoms with Gasteiger partial charge in [0, 0.05) is 12.5 Å². The van der Waals surface area contributed by atoms with Crippen molar-refractivity contribution in [2.24, 2.45) is 0 Å². The number of nitrogens with zero attached hydrogens (tertiary/aromatic N) is 3. The number of aryl methyl sites for hydroxylation is 1. The average Bonchev–Trinajstić information content (AvgIpc) is 2.65. The smallest absolute Gasteiger partial charge is 0.273 e. The molecule has 6 nitrogen and oxygen atoms in total. The van der Waals surface area contributed by atoms with Crippen molar-refractivity contribution in [3.8, 4) is 0 Å². The molecule has 1 atom stereocenters. The van der Waals surface area contributed by atoms with Crippen molar-refractivity contribution in [3.63, 3.8) is 0 Å². The summed E-state index contributed by atoms with van der Waals surface area (Å²) in [7, 11) is 1.81. The summed E-state index contributed by atoms with van der Waals surface area (Å²) >= 11 is 0. The summed E-state index contributed by atoms with van der Waals surface area (Å²) < 4.78 is 4.99. The van der Waals surface area contributed by atoms with Gasteiger partial charge in [-0.3, -0.25) is 9.69 Å². The maximum Gasteiger partial charge on any atom is 0.273 e. The molecule has 1 saturated heterocycles. The second-order valence-electron chi connectivity index (χ2n) is 5.33. The van der Waals surface area contributed by atoms with E-state index < -0.39 is 0 Å². The van der Waals surface area contributed by atoms with Crippen molar-refractivity contribution < 1.29 is 9.32 Å². The fraction of sp³-hybridized carbons (Fsp3) is 0.750.